The lowest BCUT2D eigenvalue weighted by molar-refractivity contribution is -0.137. The van der Waals surface area contributed by atoms with Crippen LogP contribution in [0.1, 0.15) is 19.4 Å². The zero-order chi connectivity index (χ0) is 15.3. The largest absolute Gasteiger partial charge is 0.416 e. The van der Waals surface area contributed by atoms with Gasteiger partial charge >= 0.3 is 6.18 Å². The predicted molar refractivity (Wildman–Crippen MR) is 74.5 cm³/mol. The third-order valence-corrected chi connectivity index (χ3v) is 2.61. The monoisotopic (exact) mass is 308 g/mol. The first-order valence-corrected chi connectivity index (χ1v) is 6.26. The van der Waals surface area contributed by atoms with Gasteiger partial charge in [-0.15, -0.1) is 0 Å². The lowest BCUT2D eigenvalue weighted by Crippen LogP contribution is -2.36. The summed E-state index contributed by atoms with van der Waals surface area (Å²) in [6, 6.07) is 3.01. The van der Waals surface area contributed by atoms with Gasteiger partial charge in [0, 0.05) is 6.54 Å². The zero-order valence-corrected chi connectivity index (χ0v) is 11.8. The van der Waals surface area contributed by atoms with Gasteiger partial charge in [-0.3, -0.25) is 10.4 Å². The zero-order valence-electron chi connectivity index (χ0n) is 11.1. The van der Waals surface area contributed by atoms with Crippen molar-refractivity contribution in [2.24, 2.45) is 16.8 Å². The van der Waals surface area contributed by atoms with Crippen LogP contribution in [0.2, 0.25) is 5.02 Å². The third kappa shape index (κ3) is 4.90. The number of hydrazine groups is 1. The first-order valence-electron chi connectivity index (χ1n) is 5.89. The van der Waals surface area contributed by atoms with E-state index in [9.17, 15) is 13.2 Å². The number of nitrogens with zero attached hydrogens (tertiary/aromatic N) is 1. The molecule has 0 radical (unpaired) electrons. The van der Waals surface area contributed by atoms with Gasteiger partial charge in [-0.2, -0.15) is 13.2 Å². The summed E-state index contributed by atoms with van der Waals surface area (Å²) in [6.07, 6.45) is -4.43. The van der Waals surface area contributed by atoms with E-state index >= 15 is 0 Å². The second-order valence-corrected chi connectivity index (χ2v) is 4.95. The number of anilines is 1. The summed E-state index contributed by atoms with van der Waals surface area (Å²) in [5, 5.41) is 2.68. The van der Waals surface area contributed by atoms with Crippen LogP contribution < -0.4 is 16.6 Å². The van der Waals surface area contributed by atoms with Crippen molar-refractivity contribution in [3.05, 3.63) is 28.8 Å². The normalized spacial score (nSPS) is 12.7. The molecule has 4 N–H and O–H groups in total. The minimum absolute atomic E-state index is 0.0627. The van der Waals surface area contributed by atoms with Crippen molar-refractivity contribution in [2.75, 3.05) is 11.9 Å². The number of aliphatic imine (C=N–C) groups is 1. The van der Waals surface area contributed by atoms with E-state index in [4.69, 9.17) is 17.4 Å². The van der Waals surface area contributed by atoms with Crippen molar-refractivity contribution in [2.45, 2.75) is 20.0 Å². The minimum atomic E-state index is -4.43. The lowest BCUT2D eigenvalue weighted by Gasteiger charge is -2.13. The Morgan fingerprint density at radius 1 is 1.40 bits per heavy atom. The van der Waals surface area contributed by atoms with Gasteiger partial charge in [0.1, 0.15) is 0 Å². The maximum atomic E-state index is 12.5. The van der Waals surface area contributed by atoms with Crippen LogP contribution in [0.5, 0.6) is 0 Å². The smallest absolute Gasteiger partial charge is 0.324 e. The van der Waals surface area contributed by atoms with Crippen LogP contribution in [-0.4, -0.2) is 12.5 Å². The quantitative estimate of drug-likeness (QED) is 0.348. The fourth-order valence-electron chi connectivity index (χ4n) is 1.32. The molecule has 1 aromatic carbocycles. The molecular weight excluding hydrogens is 293 g/mol. The van der Waals surface area contributed by atoms with Gasteiger partial charge < -0.3 is 5.32 Å². The van der Waals surface area contributed by atoms with Crippen LogP contribution in [0.4, 0.5) is 18.9 Å². The summed E-state index contributed by atoms with van der Waals surface area (Å²) in [7, 11) is 0. The molecule has 4 nitrogen and oxygen atoms in total. The number of nitrogens with one attached hydrogen (secondary N) is 2. The van der Waals surface area contributed by atoms with E-state index in [0.29, 0.717) is 18.2 Å². The molecule has 0 heterocycles. The summed E-state index contributed by atoms with van der Waals surface area (Å²) in [6.45, 7) is 4.47. The number of alkyl halides is 3. The Labute approximate surface area is 120 Å². The van der Waals surface area contributed by atoms with Crippen LogP contribution in [0.25, 0.3) is 0 Å². The van der Waals surface area contributed by atoms with Gasteiger partial charge in [0.2, 0.25) is 5.96 Å². The highest BCUT2D eigenvalue weighted by Gasteiger charge is 2.30. The van der Waals surface area contributed by atoms with Crippen molar-refractivity contribution in [3.8, 4) is 0 Å². The molecule has 1 aromatic rings. The Balaban J connectivity index is 2.90. The summed E-state index contributed by atoms with van der Waals surface area (Å²) in [5.41, 5.74) is 1.82. The van der Waals surface area contributed by atoms with Gasteiger partial charge in [-0.25, -0.2) is 5.84 Å². The van der Waals surface area contributed by atoms with Crippen LogP contribution in [0.3, 0.4) is 0 Å². The molecule has 8 heteroatoms. The van der Waals surface area contributed by atoms with E-state index in [1.165, 1.54) is 6.07 Å². The van der Waals surface area contributed by atoms with E-state index in [2.05, 4.69) is 15.7 Å². The van der Waals surface area contributed by atoms with E-state index in [1.54, 1.807) is 0 Å². The molecule has 0 atom stereocenters. The van der Waals surface area contributed by atoms with Gasteiger partial charge in [-0.1, -0.05) is 25.4 Å². The highest BCUT2D eigenvalue weighted by molar-refractivity contribution is 6.33. The number of nitrogens with two attached hydrogens (primary N) is 1. The van der Waals surface area contributed by atoms with E-state index in [1.807, 2.05) is 13.8 Å². The van der Waals surface area contributed by atoms with Gasteiger partial charge in [0.15, 0.2) is 0 Å². The summed E-state index contributed by atoms with van der Waals surface area (Å²) in [4.78, 5) is 4.14. The molecule has 0 saturated carbocycles. The van der Waals surface area contributed by atoms with Gasteiger partial charge in [-0.05, 0) is 24.1 Å². The number of rotatable bonds is 3. The highest BCUT2D eigenvalue weighted by atomic mass is 35.5. The Morgan fingerprint density at radius 3 is 2.50 bits per heavy atom. The second-order valence-electron chi connectivity index (χ2n) is 4.54. The molecule has 0 spiro atoms. The molecule has 112 valence electrons. The molecule has 0 amide bonds. The number of hydrogen-bond acceptors (Lipinski definition) is 2. The lowest BCUT2D eigenvalue weighted by atomic mass is 10.2. The molecule has 0 bridgehead atoms. The molecule has 0 saturated heterocycles. The van der Waals surface area contributed by atoms with Crippen molar-refractivity contribution < 1.29 is 13.2 Å². The number of hydrogen-bond donors (Lipinski definition) is 3. The number of guanidine groups is 1. The molecular formula is C12H16ClF3N4. The molecule has 0 aliphatic heterocycles. The average molecular weight is 309 g/mol. The molecule has 0 fully saturated rings. The summed E-state index contributed by atoms with van der Waals surface area (Å²) >= 11 is 5.81. The first kappa shape index (κ1) is 16.6. The molecule has 0 aliphatic carbocycles. The Bertz CT molecular complexity index is 486. The Kier molecular flexibility index (Phi) is 5.64. The maximum Gasteiger partial charge on any atom is 0.416 e. The van der Waals surface area contributed by atoms with E-state index < -0.39 is 11.7 Å². The van der Waals surface area contributed by atoms with Crippen molar-refractivity contribution in [3.63, 3.8) is 0 Å². The maximum absolute atomic E-state index is 12.5. The van der Waals surface area contributed by atoms with Crippen LogP contribution in [-0.2, 0) is 6.18 Å². The van der Waals surface area contributed by atoms with Gasteiger partial charge in [0.25, 0.3) is 0 Å². The van der Waals surface area contributed by atoms with Crippen molar-refractivity contribution >= 4 is 23.2 Å². The molecule has 0 aliphatic rings. The summed E-state index contributed by atoms with van der Waals surface area (Å²) < 4.78 is 37.5. The molecule has 1 rings (SSSR count). The Hall–Kier alpha value is -1.47. The topological polar surface area (TPSA) is 62.4 Å². The second kappa shape index (κ2) is 6.81. The van der Waals surface area contributed by atoms with Gasteiger partial charge in [0.05, 0.1) is 16.3 Å². The highest BCUT2D eigenvalue weighted by Crippen LogP contribution is 2.33. The fraction of sp³-hybridized carbons (Fsp3) is 0.417. The number of halogens is 4. The van der Waals surface area contributed by atoms with E-state index in [0.717, 1.165) is 12.1 Å². The van der Waals surface area contributed by atoms with Crippen molar-refractivity contribution in [1.82, 2.24) is 5.43 Å². The predicted octanol–water partition coefficient (Wildman–Crippen LogP) is 3.25. The Morgan fingerprint density at radius 2 is 2.05 bits per heavy atom. The fourth-order valence-corrected chi connectivity index (χ4v) is 1.54. The SMILES string of the molecule is CC(C)CN=C(NN)Nc1ccc(C(F)(F)F)cc1Cl. The summed E-state index contributed by atoms with van der Waals surface area (Å²) in [5.74, 6) is 5.85. The van der Waals surface area contributed by atoms with Crippen molar-refractivity contribution in [1.29, 1.82) is 0 Å². The first-order chi connectivity index (χ1) is 9.24. The van der Waals surface area contributed by atoms with E-state index in [-0.39, 0.29) is 11.0 Å². The van der Waals surface area contributed by atoms with Crippen LogP contribution in [0, 0.1) is 5.92 Å². The molecule has 20 heavy (non-hydrogen) atoms. The average Bonchev–Trinajstić information content (AvgIpc) is 2.34. The molecule has 0 unspecified atom stereocenters. The molecule has 0 aromatic heterocycles. The number of benzene rings is 1. The third-order valence-electron chi connectivity index (χ3n) is 2.30. The minimum Gasteiger partial charge on any atom is -0.324 e. The van der Waals surface area contributed by atoms with Crippen LogP contribution >= 0.6 is 11.6 Å². The van der Waals surface area contributed by atoms with Crippen LogP contribution in [0.15, 0.2) is 23.2 Å². The standard InChI is InChI=1S/C12H16ClF3N4/c1-7(2)6-18-11(20-17)19-10-4-3-8(5-9(10)13)12(14,15)16/h3-5,7H,6,17H2,1-2H3,(H2,18,19,20).